The standard InChI is InChI=1S/C26H37N3O6/c1-16(2)13-19(28-24(31)22-21(35-22)23(30)27-14-17(3)4)25(32)29-12-8-11-20(29)26(33)34-15-18-9-6-5-7-10-18/h5-7,9-10,16-17,19-22H,8,11-15H2,1-4H3,(H,27,30)(H,28,31)/t19-,20-,21-,22-/m0/s1. The Bertz CT molecular complexity index is 904. The molecule has 0 unspecified atom stereocenters. The first kappa shape index (κ1) is 26.7. The van der Waals surface area contributed by atoms with Crippen molar-refractivity contribution in [2.24, 2.45) is 11.8 Å². The van der Waals surface area contributed by atoms with Crippen LogP contribution in [0.15, 0.2) is 30.3 Å². The molecule has 9 nitrogen and oxygen atoms in total. The van der Waals surface area contributed by atoms with Crippen LogP contribution < -0.4 is 10.6 Å². The van der Waals surface area contributed by atoms with Crippen LogP contribution in [-0.4, -0.2) is 66.0 Å². The highest BCUT2D eigenvalue weighted by Gasteiger charge is 2.51. The van der Waals surface area contributed by atoms with Crippen LogP contribution in [0.3, 0.4) is 0 Å². The number of rotatable bonds is 11. The Morgan fingerprint density at radius 2 is 1.71 bits per heavy atom. The van der Waals surface area contributed by atoms with Crippen molar-refractivity contribution in [3.05, 3.63) is 35.9 Å². The third kappa shape index (κ3) is 7.52. The van der Waals surface area contributed by atoms with E-state index in [9.17, 15) is 19.2 Å². The van der Waals surface area contributed by atoms with Gasteiger partial charge in [0.1, 0.15) is 18.7 Å². The summed E-state index contributed by atoms with van der Waals surface area (Å²) in [7, 11) is 0. The molecule has 2 fully saturated rings. The molecule has 1 aromatic rings. The molecule has 0 aliphatic carbocycles. The molecule has 192 valence electrons. The van der Waals surface area contributed by atoms with Gasteiger partial charge in [0.25, 0.3) is 11.8 Å². The molecule has 2 aliphatic rings. The van der Waals surface area contributed by atoms with Crippen molar-refractivity contribution >= 4 is 23.7 Å². The number of epoxide rings is 1. The van der Waals surface area contributed by atoms with Gasteiger partial charge >= 0.3 is 5.97 Å². The van der Waals surface area contributed by atoms with Crippen LogP contribution >= 0.6 is 0 Å². The van der Waals surface area contributed by atoms with Crippen molar-refractivity contribution < 1.29 is 28.7 Å². The zero-order chi connectivity index (χ0) is 25.5. The van der Waals surface area contributed by atoms with Crippen LogP contribution in [0.4, 0.5) is 0 Å². The lowest BCUT2D eigenvalue weighted by molar-refractivity contribution is -0.155. The minimum absolute atomic E-state index is 0.126. The van der Waals surface area contributed by atoms with E-state index in [1.165, 1.54) is 4.90 Å². The van der Waals surface area contributed by atoms with E-state index < -0.39 is 36.2 Å². The number of carbonyl (C=O) groups excluding carboxylic acids is 4. The fourth-order valence-corrected chi connectivity index (χ4v) is 4.16. The second-order valence-electron chi connectivity index (χ2n) is 10.1. The van der Waals surface area contributed by atoms with E-state index in [4.69, 9.17) is 9.47 Å². The van der Waals surface area contributed by atoms with Gasteiger partial charge in [-0.25, -0.2) is 4.79 Å². The van der Waals surface area contributed by atoms with Gasteiger partial charge in [0.15, 0.2) is 12.2 Å². The topological polar surface area (TPSA) is 117 Å². The van der Waals surface area contributed by atoms with Gasteiger partial charge in [0.05, 0.1) is 0 Å². The summed E-state index contributed by atoms with van der Waals surface area (Å²) in [6.07, 6.45) is -0.135. The number of carbonyl (C=O) groups is 4. The second kappa shape index (κ2) is 12.2. The molecule has 0 radical (unpaired) electrons. The molecule has 0 aromatic heterocycles. The van der Waals surface area contributed by atoms with Crippen molar-refractivity contribution in [3.63, 3.8) is 0 Å². The summed E-state index contributed by atoms with van der Waals surface area (Å²) in [4.78, 5) is 52.7. The summed E-state index contributed by atoms with van der Waals surface area (Å²) in [6.45, 7) is 8.93. The number of nitrogens with one attached hydrogen (secondary N) is 2. The van der Waals surface area contributed by atoms with Gasteiger partial charge in [-0.1, -0.05) is 58.0 Å². The first-order valence-electron chi connectivity index (χ1n) is 12.4. The average Bonchev–Trinajstić information content (AvgIpc) is 3.48. The van der Waals surface area contributed by atoms with Gasteiger partial charge in [-0.05, 0) is 36.7 Å². The lowest BCUT2D eigenvalue weighted by Gasteiger charge is -2.29. The fraction of sp³-hybridized carbons (Fsp3) is 0.615. The third-order valence-corrected chi connectivity index (χ3v) is 6.05. The smallest absolute Gasteiger partial charge is 0.329 e. The molecular formula is C26H37N3O6. The Morgan fingerprint density at radius 3 is 2.37 bits per heavy atom. The predicted octanol–water partition coefficient (Wildman–Crippen LogP) is 1.79. The first-order valence-corrected chi connectivity index (χ1v) is 12.4. The highest BCUT2D eigenvalue weighted by Crippen LogP contribution is 2.25. The number of esters is 1. The fourth-order valence-electron chi connectivity index (χ4n) is 4.16. The largest absolute Gasteiger partial charge is 0.459 e. The Kier molecular flexibility index (Phi) is 9.26. The Balaban J connectivity index is 1.58. The number of ether oxygens (including phenoxy) is 2. The Labute approximate surface area is 206 Å². The molecule has 3 rings (SSSR count). The molecule has 0 bridgehead atoms. The van der Waals surface area contributed by atoms with Gasteiger partial charge < -0.3 is 25.0 Å². The molecule has 2 aliphatic heterocycles. The number of hydrogen-bond donors (Lipinski definition) is 2. The number of benzene rings is 1. The van der Waals surface area contributed by atoms with Gasteiger partial charge in [-0.3, -0.25) is 14.4 Å². The highest BCUT2D eigenvalue weighted by atomic mass is 16.6. The number of hydrogen-bond acceptors (Lipinski definition) is 6. The lowest BCUT2D eigenvalue weighted by Crippen LogP contribution is -2.53. The average molecular weight is 488 g/mol. The maximum atomic E-state index is 13.4. The van der Waals surface area contributed by atoms with Crippen LogP contribution in [0.25, 0.3) is 0 Å². The van der Waals surface area contributed by atoms with Crippen molar-refractivity contribution in [1.82, 2.24) is 15.5 Å². The summed E-state index contributed by atoms with van der Waals surface area (Å²) in [5, 5.41) is 5.52. The number of likely N-dealkylation sites (tertiary alicyclic amines) is 1. The molecule has 3 amide bonds. The minimum atomic E-state index is -0.908. The summed E-state index contributed by atoms with van der Waals surface area (Å²) in [5.74, 6) is -1.16. The summed E-state index contributed by atoms with van der Waals surface area (Å²) >= 11 is 0. The van der Waals surface area contributed by atoms with E-state index in [-0.39, 0.29) is 30.3 Å². The zero-order valence-electron chi connectivity index (χ0n) is 21.0. The van der Waals surface area contributed by atoms with Gasteiger partial charge in [-0.15, -0.1) is 0 Å². The van der Waals surface area contributed by atoms with E-state index in [0.29, 0.717) is 32.4 Å². The lowest BCUT2D eigenvalue weighted by atomic mass is 10.0. The Hall–Kier alpha value is -2.94. The van der Waals surface area contributed by atoms with Crippen molar-refractivity contribution in [2.45, 2.75) is 77.9 Å². The molecule has 4 atom stereocenters. The molecule has 9 heteroatoms. The normalized spacial score (nSPS) is 22.1. The molecule has 2 saturated heterocycles. The number of nitrogens with zero attached hydrogens (tertiary/aromatic N) is 1. The van der Waals surface area contributed by atoms with Crippen LogP contribution in [0.1, 0.15) is 52.5 Å². The van der Waals surface area contributed by atoms with E-state index in [2.05, 4.69) is 10.6 Å². The molecule has 2 N–H and O–H groups in total. The molecule has 0 spiro atoms. The van der Waals surface area contributed by atoms with Crippen molar-refractivity contribution in [1.29, 1.82) is 0 Å². The van der Waals surface area contributed by atoms with E-state index in [0.717, 1.165) is 5.56 Å². The minimum Gasteiger partial charge on any atom is -0.459 e. The van der Waals surface area contributed by atoms with Gasteiger partial charge in [0, 0.05) is 13.1 Å². The highest BCUT2D eigenvalue weighted by molar-refractivity contribution is 5.97. The second-order valence-corrected chi connectivity index (χ2v) is 10.1. The maximum absolute atomic E-state index is 13.4. The first-order chi connectivity index (χ1) is 16.7. The molecule has 2 heterocycles. The SMILES string of the molecule is CC(C)CNC(=O)[C@H]1O[C@@H]1C(=O)N[C@@H](CC(C)C)C(=O)N1CCC[C@H]1C(=O)OCc1ccccc1. The quantitative estimate of drug-likeness (QED) is 0.363. The number of amides is 3. The van der Waals surface area contributed by atoms with Gasteiger partial charge in [0.2, 0.25) is 5.91 Å². The van der Waals surface area contributed by atoms with E-state index in [1.54, 1.807) is 0 Å². The van der Waals surface area contributed by atoms with Crippen molar-refractivity contribution in [3.8, 4) is 0 Å². The molecule has 35 heavy (non-hydrogen) atoms. The summed E-state index contributed by atoms with van der Waals surface area (Å²) in [6, 6.07) is 7.88. The van der Waals surface area contributed by atoms with E-state index >= 15 is 0 Å². The predicted molar refractivity (Wildman–Crippen MR) is 129 cm³/mol. The summed E-state index contributed by atoms with van der Waals surface area (Å²) in [5.41, 5.74) is 0.873. The Morgan fingerprint density at radius 1 is 1.03 bits per heavy atom. The maximum Gasteiger partial charge on any atom is 0.329 e. The summed E-state index contributed by atoms with van der Waals surface area (Å²) < 4.78 is 10.8. The van der Waals surface area contributed by atoms with Gasteiger partial charge in [-0.2, -0.15) is 0 Å². The molecular weight excluding hydrogens is 450 g/mol. The van der Waals surface area contributed by atoms with Crippen molar-refractivity contribution in [2.75, 3.05) is 13.1 Å². The van der Waals surface area contributed by atoms with Crippen LogP contribution in [0.5, 0.6) is 0 Å². The molecule has 1 aromatic carbocycles. The van der Waals surface area contributed by atoms with Crippen LogP contribution in [0, 0.1) is 11.8 Å². The monoisotopic (exact) mass is 487 g/mol. The van der Waals surface area contributed by atoms with Crippen LogP contribution in [0.2, 0.25) is 0 Å². The third-order valence-electron chi connectivity index (χ3n) is 6.05. The zero-order valence-corrected chi connectivity index (χ0v) is 21.0. The van der Waals surface area contributed by atoms with E-state index in [1.807, 2.05) is 58.0 Å². The van der Waals surface area contributed by atoms with Crippen LogP contribution in [-0.2, 0) is 35.3 Å². The molecule has 0 saturated carbocycles.